The van der Waals surface area contributed by atoms with E-state index in [9.17, 15) is 9.59 Å². The summed E-state index contributed by atoms with van der Waals surface area (Å²) in [6.07, 6.45) is 0. The molecule has 136 valence electrons. The van der Waals surface area contributed by atoms with Gasteiger partial charge < -0.3 is 9.64 Å². The van der Waals surface area contributed by atoms with E-state index in [0.717, 1.165) is 5.56 Å². The molecule has 2 aromatic rings. The lowest BCUT2D eigenvalue weighted by Gasteiger charge is -2.11. The average molecular weight is 374 g/mol. The molecule has 1 N–H and O–H groups in total. The highest BCUT2D eigenvalue weighted by Crippen LogP contribution is 2.15. The Morgan fingerprint density at radius 2 is 1.77 bits per heavy atom. The summed E-state index contributed by atoms with van der Waals surface area (Å²) in [5, 5.41) is 4.46. The molecule has 0 atom stereocenters. The third-order valence-electron chi connectivity index (χ3n) is 3.58. The Morgan fingerprint density at radius 1 is 1.12 bits per heavy atom. The van der Waals surface area contributed by atoms with E-state index in [4.69, 9.17) is 16.3 Å². The standard InChI is InChI=1S/C19H20ClN3O3/c1-13(21-22-19(25)16-6-4-5-7-17(16)20)14-8-10-15(11-9-14)26-12-18(24)23(2)3/h4-11H,12H2,1-3H3,(H,22,25)/b21-13+. The van der Waals surface area contributed by atoms with Gasteiger partial charge in [-0.2, -0.15) is 5.10 Å². The van der Waals surface area contributed by atoms with Crippen LogP contribution in [0.2, 0.25) is 5.02 Å². The fraction of sp³-hybridized carbons (Fsp3) is 0.211. The van der Waals surface area contributed by atoms with Gasteiger partial charge in [0.05, 0.1) is 16.3 Å². The summed E-state index contributed by atoms with van der Waals surface area (Å²) in [4.78, 5) is 25.1. The van der Waals surface area contributed by atoms with Crippen molar-refractivity contribution in [2.24, 2.45) is 5.10 Å². The summed E-state index contributed by atoms with van der Waals surface area (Å²) in [6.45, 7) is 1.76. The Morgan fingerprint density at radius 3 is 2.38 bits per heavy atom. The Balaban J connectivity index is 1.97. The predicted molar refractivity (Wildman–Crippen MR) is 102 cm³/mol. The molecule has 0 unspecified atom stereocenters. The number of hydrazone groups is 1. The molecule has 0 heterocycles. The third-order valence-corrected chi connectivity index (χ3v) is 3.91. The number of carbonyl (C=O) groups excluding carboxylic acids is 2. The van der Waals surface area contributed by atoms with Crippen LogP contribution in [0.1, 0.15) is 22.8 Å². The van der Waals surface area contributed by atoms with Gasteiger partial charge in [0.15, 0.2) is 6.61 Å². The number of likely N-dealkylation sites (N-methyl/N-ethyl adjacent to an activating group) is 1. The van der Waals surface area contributed by atoms with Gasteiger partial charge in [0.1, 0.15) is 5.75 Å². The highest BCUT2D eigenvalue weighted by atomic mass is 35.5. The van der Waals surface area contributed by atoms with Gasteiger partial charge in [-0.05, 0) is 48.9 Å². The molecule has 26 heavy (non-hydrogen) atoms. The minimum absolute atomic E-state index is 0.0205. The average Bonchev–Trinajstić information content (AvgIpc) is 2.64. The van der Waals surface area contributed by atoms with Gasteiger partial charge in [-0.1, -0.05) is 23.7 Å². The maximum atomic E-state index is 12.1. The lowest BCUT2D eigenvalue weighted by atomic mass is 10.1. The Bertz CT molecular complexity index is 817. The molecule has 2 rings (SSSR count). The van der Waals surface area contributed by atoms with Crippen molar-refractivity contribution in [2.75, 3.05) is 20.7 Å². The van der Waals surface area contributed by atoms with E-state index in [2.05, 4.69) is 10.5 Å². The van der Waals surface area contributed by atoms with Crippen molar-refractivity contribution in [3.05, 3.63) is 64.7 Å². The lowest BCUT2D eigenvalue weighted by Crippen LogP contribution is -2.27. The quantitative estimate of drug-likeness (QED) is 0.625. The van der Waals surface area contributed by atoms with E-state index < -0.39 is 0 Å². The molecule has 0 saturated heterocycles. The van der Waals surface area contributed by atoms with Crippen LogP contribution >= 0.6 is 11.6 Å². The number of hydrogen-bond acceptors (Lipinski definition) is 4. The van der Waals surface area contributed by atoms with Crippen LogP contribution in [-0.4, -0.2) is 43.1 Å². The molecule has 0 fully saturated rings. The van der Waals surface area contributed by atoms with Crippen LogP contribution in [0.15, 0.2) is 53.6 Å². The number of benzene rings is 2. The molecule has 0 spiro atoms. The molecule has 0 radical (unpaired) electrons. The minimum Gasteiger partial charge on any atom is -0.484 e. The van der Waals surface area contributed by atoms with Crippen molar-refractivity contribution in [2.45, 2.75) is 6.92 Å². The topological polar surface area (TPSA) is 71.0 Å². The minimum atomic E-state index is -0.378. The molecular formula is C19H20ClN3O3. The highest BCUT2D eigenvalue weighted by Gasteiger charge is 2.09. The van der Waals surface area contributed by atoms with Crippen LogP contribution in [0.3, 0.4) is 0 Å². The molecule has 0 bridgehead atoms. The van der Waals surface area contributed by atoms with Crippen molar-refractivity contribution in [3.8, 4) is 5.75 Å². The molecule has 0 aromatic heterocycles. The SMILES string of the molecule is C/C(=N\NC(=O)c1ccccc1Cl)c1ccc(OCC(=O)N(C)C)cc1. The molecular weight excluding hydrogens is 354 g/mol. The molecule has 0 aliphatic rings. The van der Waals surface area contributed by atoms with Gasteiger partial charge in [-0.3, -0.25) is 9.59 Å². The first-order valence-electron chi connectivity index (χ1n) is 7.91. The van der Waals surface area contributed by atoms with Crippen molar-refractivity contribution in [1.82, 2.24) is 10.3 Å². The van der Waals surface area contributed by atoms with Gasteiger partial charge in [0.2, 0.25) is 0 Å². The number of hydrogen-bond donors (Lipinski definition) is 1. The van der Waals surface area contributed by atoms with Crippen molar-refractivity contribution in [1.29, 1.82) is 0 Å². The Kier molecular flexibility index (Phi) is 6.74. The smallest absolute Gasteiger partial charge is 0.272 e. The van der Waals surface area contributed by atoms with Gasteiger partial charge in [-0.15, -0.1) is 0 Å². The first-order chi connectivity index (χ1) is 12.4. The number of rotatable bonds is 6. The fourth-order valence-electron chi connectivity index (χ4n) is 1.97. The highest BCUT2D eigenvalue weighted by molar-refractivity contribution is 6.33. The Labute approximate surface area is 157 Å². The monoisotopic (exact) mass is 373 g/mol. The molecule has 2 amide bonds. The summed E-state index contributed by atoms with van der Waals surface area (Å²) in [7, 11) is 3.34. The second-order valence-electron chi connectivity index (χ2n) is 5.72. The van der Waals surface area contributed by atoms with E-state index in [1.165, 1.54) is 4.90 Å². The van der Waals surface area contributed by atoms with E-state index in [-0.39, 0.29) is 18.4 Å². The zero-order valence-electron chi connectivity index (χ0n) is 14.8. The predicted octanol–water partition coefficient (Wildman–Crippen LogP) is 2.96. The maximum absolute atomic E-state index is 12.1. The molecule has 2 aromatic carbocycles. The molecule has 7 heteroatoms. The number of carbonyl (C=O) groups is 2. The first-order valence-corrected chi connectivity index (χ1v) is 8.29. The van der Waals surface area contributed by atoms with Crippen LogP contribution in [0.25, 0.3) is 0 Å². The van der Waals surface area contributed by atoms with Crippen LogP contribution in [0.5, 0.6) is 5.75 Å². The summed E-state index contributed by atoms with van der Waals surface area (Å²) >= 11 is 5.99. The second-order valence-corrected chi connectivity index (χ2v) is 6.13. The van der Waals surface area contributed by atoms with Gasteiger partial charge in [0.25, 0.3) is 11.8 Å². The molecule has 6 nitrogen and oxygen atoms in total. The van der Waals surface area contributed by atoms with E-state index in [1.54, 1.807) is 69.6 Å². The second kappa shape index (κ2) is 9.01. The number of nitrogens with zero attached hydrogens (tertiary/aromatic N) is 2. The maximum Gasteiger partial charge on any atom is 0.272 e. The number of nitrogens with one attached hydrogen (secondary N) is 1. The van der Waals surface area contributed by atoms with Crippen molar-refractivity contribution < 1.29 is 14.3 Å². The number of amides is 2. The van der Waals surface area contributed by atoms with E-state index in [1.807, 2.05) is 0 Å². The summed E-state index contributed by atoms with van der Waals surface area (Å²) in [5.41, 5.74) is 4.29. The van der Waals surface area contributed by atoms with E-state index >= 15 is 0 Å². The summed E-state index contributed by atoms with van der Waals surface area (Å²) in [5.74, 6) is 0.0862. The van der Waals surface area contributed by atoms with Crippen LogP contribution in [-0.2, 0) is 4.79 Å². The van der Waals surface area contributed by atoms with Crippen LogP contribution in [0, 0.1) is 0 Å². The first kappa shape index (κ1) is 19.5. The van der Waals surface area contributed by atoms with Crippen molar-refractivity contribution >= 4 is 29.1 Å². The summed E-state index contributed by atoms with van der Waals surface area (Å²) in [6, 6.07) is 13.9. The van der Waals surface area contributed by atoms with Crippen LogP contribution in [0.4, 0.5) is 0 Å². The zero-order valence-corrected chi connectivity index (χ0v) is 15.6. The number of ether oxygens (including phenoxy) is 1. The van der Waals surface area contributed by atoms with Gasteiger partial charge in [0, 0.05) is 14.1 Å². The van der Waals surface area contributed by atoms with Crippen LogP contribution < -0.4 is 10.2 Å². The molecule has 0 aliphatic carbocycles. The van der Waals surface area contributed by atoms with Crippen molar-refractivity contribution in [3.63, 3.8) is 0 Å². The molecule has 0 saturated carbocycles. The molecule has 0 aliphatic heterocycles. The van der Waals surface area contributed by atoms with Gasteiger partial charge in [-0.25, -0.2) is 5.43 Å². The fourth-order valence-corrected chi connectivity index (χ4v) is 2.19. The van der Waals surface area contributed by atoms with E-state index in [0.29, 0.717) is 22.0 Å². The lowest BCUT2D eigenvalue weighted by molar-refractivity contribution is -0.130. The third kappa shape index (κ3) is 5.32. The normalized spacial score (nSPS) is 11.0. The largest absolute Gasteiger partial charge is 0.484 e. The summed E-state index contributed by atoms with van der Waals surface area (Å²) < 4.78 is 5.42. The Hall–Kier alpha value is -2.86. The number of halogens is 1. The zero-order chi connectivity index (χ0) is 19.1. The van der Waals surface area contributed by atoms with Gasteiger partial charge >= 0.3 is 0 Å².